The van der Waals surface area contributed by atoms with Crippen LogP contribution in [-0.4, -0.2) is 83.4 Å². The second-order valence-electron chi connectivity index (χ2n) is 11.0. The van der Waals surface area contributed by atoms with Crippen LogP contribution in [0, 0.1) is 0 Å². The highest BCUT2D eigenvalue weighted by molar-refractivity contribution is 6.33. The Morgan fingerprint density at radius 2 is 1.84 bits per heavy atom. The van der Waals surface area contributed by atoms with Crippen LogP contribution >= 0.6 is 23.2 Å². The second-order valence-corrected chi connectivity index (χ2v) is 11.8. The van der Waals surface area contributed by atoms with E-state index < -0.39 is 0 Å². The third-order valence-corrected chi connectivity index (χ3v) is 8.33. The maximum absolute atomic E-state index is 12.9. The fraction of sp³-hybridized carbons (Fsp3) is 0.536. The van der Waals surface area contributed by atoms with Crippen molar-refractivity contribution < 1.29 is 4.79 Å². The number of pyridine rings is 1. The molecule has 0 spiro atoms. The van der Waals surface area contributed by atoms with Gasteiger partial charge in [0.05, 0.1) is 17.1 Å². The van der Waals surface area contributed by atoms with Crippen molar-refractivity contribution in [3.05, 3.63) is 57.7 Å². The number of carbonyl (C=O) groups excluding carboxylic acids is 1. The molecule has 3 aliphatic rings. The molecule has 37 heavy (non-hydrogen) atoms. The highest BCUT2D eigenvalue weighted by atomic mass is 35.5. The first-order valence-electron chi connectivity index (χ1n) is 13.3. The molecule has 0 unspecified atom stereocenters. The lowest BCUT2D eigenvalue weighted by molar-refractivity contribution is 0.0491. The summed E-state index contributed by atoms with van der Waals surface area (Å²) < 4.78 is 0. The number of carbonyl (C=O) groups is 1. The van der Waals surface area contributed by atoms with Gasteiger partial charge in [-0.3, -0.25) is 14.7 Å². The third-order valence-electron chi connectivity index (χ3n) is 7.80. The number of aliphatic imine (C=N–C) groups is 1. The Balaban J connectivity index is 1.19. The van der Waals surface area contributed by atoms with Crippen LogP contribution in [0.25, 0.3) is 0 Å². The molecule has 9 heteroatoms. The van der Waals surface area contributed by atoms with Gasteiger partial charge in [-0.15, -0.1) is 0 Å². The summed E-state index contributed by atoms with van der Waals surface area (Å²) in [6.45, 7) is 11.6. The molecule has 2 aromatic rings. The zero-order valence-electron chi connectivity index (χ0n) is 21.9. The Bertz CT molecular complexity index is 1160. The van der Waals surface area contributed by atoms with E-state index in [2.05, 4.69) is 40.9 Å². The molecule has 0 bridgehead atoms. The second kappa shape index (κ2) is 10.8. The van der Waals surface area contributed by atoms with Gasteiger partial charge in [-0.25, -0.2) is 4.98 Å². The van der Waals surface area contributed by atoms with Crippen molar-refractivity contribution in [3.63, 3.8) is 0 Å². The number of hydrogen-bond acceptors (Lipinski definition) is 6. The van der Waals surface area contributed by atoms with E-state index in [0.29, 0.717) is 27.7 Å². The Morgan fingerprint density at radius 3 is 2.46 bits per heavy atom. The summed E-state index contributed by atoms with van der Waals surface area (Å²) >= 11 is 12.7. The van der Waals surface area contributed by atoms with Gasteiger partial charge in [-0.2, -0.15) is 0 Å². The molecule has 4 heterocycles. The van der Waals surface area contributed by atoms with Gasteiger partial charge >= 0.3 is 0 Å². The van der Waals surface area contributed by atoms with Crippen molar-refractivity contribution in [2.45, 2.75) is 57.7 Å². The summed E-state index contributed by atoms with van der Waals surface area (Å²) in [5, 5.41) is 4.77. The molecule has 5 rings (SSSR count). The van der Waals surface area contributed by atoms with E-state index in [4.69, 9.17) is 28.2 Å². The lowest BCUT2D eigenvalue weighted by Crippen LogP contribution is -2.58. The Labute approximate surface area is 229 Å². The number of amidine groups is 1. The van der Waals surface area contributed by atoms with Crippen molar-refractivity contribution in [2.75, 3.05) is 44.2 Å². The summed E-state index contributed by atoms with van der Waals surface area (Å²) in [7, 11) is 0. The van der Waals surface area contributed by atoms with Crippen molar-refractivity contribution in [2.24, 2.45) is 4.99 Å². The van der Waals surface area contributed by atoms with E-state index in [1.165, 1.54) is 0 Å². The summed E-state index contributed by atoms with van der Waals surface area (Å²) in [4.78, 5) is 29.3. The number of aromatic nitrogens is 1. The van der Waals surface area contributed by atoms with E-state index in [-0.39, 0.29) is 11.4 Å². The molecule has 2 fully saturated rings. The lowest BCUT2D eigenvalue weighted by Gasteiger charge is -2.47. The summed E-state index contributed by atoms with van der Waals surface area (Å²) in [5.41, 5.74) is 1.60. The lowest BCUT2D eigenvalue weighted by atomic mass is 9.97. The number of amides is 1. The van der Waals surface area contributed by atoms with Crippen molar-refractivity contribution in [1.82, 2.24) is 20.1 Å². The number of hydrogen-bond donors (Lipinski definition) is 1. The standard InChI is InChI=1S/C28H36Cl2N6O/c1-4-22-17-35(26-24(30)15-20(16-31-26)25-32-18-28(2,3)33-25)13-14-36(22)23-9-11-34(12-10-23)27(37)19-5-7-21(29)8-6-19/h5-8,15-16,22-23H,4,9-14,17-18H2,1-3H3,(H,32,33)/t22-/m0/s1. The van der Waals surface area contributed by atoms with Crippen LogP contribution < -0.4 is 10.2 Å². The van der Waals surface area contributed by atoms with Gasteiger partial charge in [-0.05, 0) is 63.4 Å². The number of piperidine rings is 1. The molecule has 1 N–H and O–H groups in total. The third kappa shape index (κ3) is 5.74. The molecular formula is C28H36Cl2N6O. The molecule has 0 radical (unpaired) electrons. The van der Waals surface area contributed by atoms with Gasteiger partial charge in [0.2, 0.25) is 0 Å². The number of nitrogens with one attached hydrogen (secondary N) is 1. The Kier molecular flexibility index (Phi) is 7.66. The number of rotatable bonds is 5. The van der Waals surface area contributed by atoms with Gasteiger partial charge in [0.1, 0.15) is 11.7 Å². The van der Waals surface area contributed by atoms with E-state index in [0.717, 1.165) is 75.7 Å². The summed E-state index contributed by atoms with van der Waals surface area (Å²) in [6.07, 6.45) is 4.94. The van der Waals surface area contributed by atoms with Gasteiger partial charge < -0.3 is 15.1 Å². The van der Waals surface area contributed by atoms with Crippen LogP contribution in [0.4, 0.5) is 5.82 Å². The molecule has 1 amide bonds. The summed E-state index contributed by atoms with van der Waals surface area (Å²) in [5.74, 6) is 1.81. The van der Waals surface area contributed by atoms with Crippen LogP contribution in [0.2, 0.25) is 10.0 Å². The molecule has 1 aromatic heterocycles. The number of anilines is 1. The van der Waals surface area contributed by atoms with Crippen LogP contribution in [0.5, 0.6) is 0 Å². The number of likely N-dealkylation sites (tertiary alicyclic amines) is 1. The molecular weight excluding hydrogens is 507 g/mol. The number of halogens is 2. The molecule has 1 aromatic carbocycles. The minimum absolute atomic E-state index is 0.0373. The molecule has 0 saturated carbocycles. The minimum atomic E-state index is -0.0373. The highest BCUT2D eigenvalue weighted by Gasteiger charge is 2.35. The Morgan fingerprint density at radius 1 is 1.11 bits per heavy atom. The average Bonchev–Trinajstić information content (AvgIpc) is 3.28. The topological polar surface area (TPSA) is 64.1 Å². The monoisotopic (exact) mass is 542 g/mol. The van der Waals surface area contributed by atoms with E-state index >= 15 is 0 Å². The Hall–Kier alpha value is -2.35. The molecule has 2 saturated heterocycles. The van der Waals surface area contributed by atoms with Crippen molar-refractivity contribution in [3.8, 4) is 0 Å². The predicted octanol–water partition coefficient (Wildman–Crippen LogP) is 4.72. The molecule has 198 valence electrons. The normalized spacial score (nSPS) is 22.6. The number of piperazine rings is 1. The highest BCUT2D eigenvalue weighted by Crippen LogP contribution is 2.30. The van der Waals surface area contributed by atoms with Crippen molar-refractivity contribution >= 4 is 40.8 Å². The van der Waals surface area contributed by atoms with Gasteiger partial charge in [0.25, 0.3) is 5.91 Å². The first-order chi connectivity index (χ1) is 17.7. The van der Waals surface area contributed by atoms with Crippen LogP contribution in [-0.2, 0) is 0 Å². The van der Waals surface area contributed by atoms with E-state index in [9.17, 15) is 4.79 Å². The number of nitrogens with zero attached hydrogens (tertiary/aromatic N) is 5. The summed E-state index contributed by atoms with van der Waals surface area (Å²) in [6, 6.07) is 10.1. The van der Waals surface area contributed by atoms with Crippen molar-refractivity contribution in [1.29, 1.82) is 0 Å². The van der Waals surface area contributed by atoms with Crippen LogP contribution in [0.3, 0.4) is 0 Å². The average molecular weight is 544 g/mol. The molecule has 0 aliphatic carbocycles. The largest absolute Gasteiger partial charge is 0.363 e. The van der Waals surface area contributed by atoms with Gasteiger partial charge in [-0.1, -0.05) is 30.1 Å². The van der Waals surface area contributed by atoms with Gasteiger partial charge in [0, 0.05) is 67.2 Å². The maximum Gasteiger partial charge on any atom is 0.253 e. The molecule has 7 nitrogen and oxygen atoms in total. The SMILES string of the molecule is CC[C@H]1CN(c2ncc(C3=NCC(C)(C)N3)cc2Cl)CCN1C1CCN(C(=O)c2ccc(Cl)cc2)CC1. The fourth-order valence-corrected chi connectivity index (χ4v) is 6.13. The van der Waals surface area contributed by atoms with Crippen LogP contribution in [0.15, 0.2) is 41.5 Å². The predicted molar refractivity (Wildman–Crippen MR) is 151 cm³/mol. The quantitative estimate of drug-likeness (QED) is 0.592. The first kappa shape index (κ1) is 26.3. The smallest absolute Gasteiger partial charge is 0.253 e. The molecule has 3 aliphatic heterocycles. The van der Waals surface area contributed by atoms with Gasteiger partial charge in [0.15, 0.2) is 0 Å². The van der Waals surface area contributed by atoms with E-state index in [1.54, 1.807) is 12.1 Å². The minimum Gasteiger partial charge on any atom is -0.363 e. The zero-order chi connectivity index (χ0) is 26.2. The zero-order valence-corrected chi connectivity index (χ0v) is 23.4. The number of benzene rings is 1. The first-order valence-corrected chi connectivity index (χ1v) is 14.0. The fourth-order valence-electron chi connectivity index (χ4n) is 5.71. The van der Waals surface area contributed by atoms with E-state index in [1.807, 2.05) is 29.3 Å². The molecule has 1 atom stereocenters. The van der Waals surface area contributed by atoms with Crippen LogP contribution in [0.1, 0.15) is 56.0 Å². The maximum atomic E-state index is 12.9.